The summed E-state index contributed by atoms with van der Waals surface area (Å²) in [6.07, 6.45) is -0.136. The Bertz CT molecular complexity index is 172. The molecule has 0 saturated carbocycles. The first kappa shape index (κ1) is 9.48. The highest BCUT2D eigenvalue weighted by molar-refractivity contribution is 5.73. The first-order valence-electron chi connectivity index (χ1n) is 4.13. The minimum Gasteiger partial charge on any atom is -0.351 e. The van der Waals surface area contributed by atoms with E-state index in [0.29, 0.717) is 6.61 Å². The van der Waals surface area contributed by atoms with Gasteiger partial charge in [0.1, 0.15) is 0 Å². The molecule has 0 spiro atoms. The van der Waals surface area contributed by atoms with Gasteiger partial charge in [0, 0.05) is 6.92 Å². The lowest BCUT2D eigenvalue weighted by atomic mass is 10.2. The highest BCUT2D eigenvalue weighted by Gasteiger charge is 2.26. The molecular weight excluding hydrogens is 158 g/mol. The molecule has 1 N–H and O–H groups in total. The minimum atomic E-state index is -0.162. The normalized spacial score (nSPS) is 36.1. The summed E-state index contributed by atoms with van der Waals surface area (Å²) >= 11 is 0. The van der Waals surface area contributed by atoms with E-state index in [4.69, 9.17) is 9.47 Å². The van der Waals surface area contributed by atoms with Crippen LogP contribution in [0.1, 0.15) is 20.8 Å². The number of hydrogen-bond acceptors (Lipinski definition) is 3. The molecule has 12 heavy (non-hydrogen) atoms. The van der Waals surface area contributed by atoms with Gasteiger partial charge >= 0.3 is 0 Å². The summed E-state index contributed by atoms with van der Waals surface area (Å²) in [5, 5.41) is 2.76. The second-order valence-electron chi connectivity index (χ2n) is 3.05. The molecule has 1 rings (SSSR count). The van der Waals surface area contributed by atoms with Crippen molar-refractivity contribution in [3.8, 4) is 0 Å². The van der Waals surface area contributed by atoms with E-state index in [1.807, 2.05) is 13.8 Å². The topological polar surface area (TPSA) is 47.6 Å². The van der Waals surface area contributed by atoms with Crippen molar-refractivity contribution in [2.24, 2.45) is 0 Å². The molecular formula is C8H15NO3. The molecule has 4 nitrogen and oxygen atoms in total. The van der Waals surface area contributed by atoms with Crippen LogP contribution in [-0.2, 0) is 14.3 Å². The zero-order chi connectivity index (χ0) is 9.14. The molecule has 3 atom stereocenters. The van der Waals surface area contributed by atoms with Crippen molar-refractivity contribution in [3.05, 3.63) is 0 Å². The first-order valence-corrected chi connectivity index (χ1v) is 4.13. The molecule has 0 radical (unpaired) electrons. The predicted octanol–water partition coefficient (Wildman–Crippen LogP) is 0.272. The SMILES string of the molecule is CC(=O)N[C@H]1COC(C)O[C@H]1C. The Hall–Kier alpha value is -0.610. The number of amides is 1. The van der Waals surface area contributed by atoms with Crippen molar-refractivity contribution >= 4 is 5.91 Å². The van der Waals surface area contributed by atoms with Crippen LogP contribution in [0.25, 0.3) is 0 Å². The maximum atomic E-state index is 10.7. The van der Waals surface area contributed by atoms with Gasteiger partial charge < -0.3 is 14.8 Å². The quantitative estimate of drug-likeness (QED) is 0.619. The molecule has 0 aromatic heterocycles. The van der Waals surface area contributed by atoms with Gasteiger partial charge in [0.05, 0.1) is 18.8 Å². The fourth-order valence-electron chi connectivity index (χ4n) is 1.23. The maximum Gasteiger partial charge on any atom is 0.217 e. The maximum absolute atomic E-state index is 10.7. The van der Waals surface area contributed by atoms with E-state index in [1.165, 1.54) is 6.92 Å². The largest absolute Gasteiger partial charge is 0.351 e. The predicted molar refractivity (Wildman–Crippen MR) is 43.6 cm³/mol. The zero-order valence-electron chi connectivity index (χ0n) is 7.66. The Morgan fingerprint density at radius 1 is 1.50 bits per heavy atom. The molecule has 4 heteroatoms. The number of rotatable bonds is 1. The third kappa shape index (κ3) is 2.46. The summed E-state index contributed by atoms with van der Waals surface area (Å²) < 4.78 is 10.6. The van der Waals surface area contributed by atoms with Crippen LogP contribution in [-0.4, -0.2) is 30.9 Å². The van der Waals surface area contributed by atoms with Crippen LogP contribution in [0.5, 0.6) is 0 Å². The van der Waals surface area contributed by atoms with Crippen LogP contribution < -0.4 is 5.32 Å². The lowest BCUT2D eigenvalue weighted by Crippen LogP contribution is -2.50. The van der Waals surface area contributed by atoms with E-state index in [2.05, 4.69) is 5.32 Å². The molecule has 1 amide bonds. The Balaban J connectivity index is 2.39. The second-order valence-corrected chi connectivity index (χ2v) is 3.05. The molecule has 0 bridgehead atoms. The van der Waals surface area contributed by atoms with Gasteiger partial charge in [0.2, 0.25) is 5.91 Å². The van der Waals surface area contributed by atoms with Crippen LogP contribution in [0.3, 0.4) is 0 Å². The average Bonchev–Trinajstić information content (AvgIpc) is 1.94. The highest BCUT2D eigenvalue weighted by Crippen LogP contribution is 2.11. The van der Waals surface area contributed by atoms with E-state index in [-0.39, 0.29) is 24.3 Å². The lowest BCUT2D eigenvalue weighted by molar-refractivity contribution is -0.210. The molecule has 0 aromatic carbocycles. The first-order chi connectivity index (χ1) is 5.59. The minimum absolute atomic E-state index is 0.0151. The van der Waals surface area contributed by atoms with Crippen LogP contribution in [0, 0.1) is 0 Å². The summed E-state index contributed by atoms with van der Waals surface area (Å²) in [6.45, 7) is 5.80. The standard InChI is InChI=1S/C8H15NO3/c1-5-8(9-6(2)10)4-11-7(3)12-5/h5,7-8H,4H2,1-3H3,(H,9,10)/t5-,7?,8-/m0/s1. The fraction of sp³-hybridized carbons (Fsp3) is 0.875. The van der Waals surface area contributed by atoms with Crippen LogP contribution >= 0.6 is 0 Å². The van der Waals surface area contributed by atoms with E-state index in [1.54, 1.807) is 0 Å². The van der Waals surface area contributed by atoms with Crippen molar-refractivity contribution in [2.75, 3.05) is 6.61 Å². The summed E-state index contributed by atoms with van der Waals surface area (Å²) in [5.41, 5.74) is 0. The van der Waals surface area contributed by atoms with E-state index in [9.17, 15) is 4.79 Å². The van der Waals surface area contributed by atoms with Crippen molar-refractivity contribution in [1.82, 2.24) is 5.32 Å². The molecule has 1 heterocycles. The van der Waals surface area contributed by atoms with Gasteiger partial charge in [-0.25, -0.2) is 0 Å². The van der Waals surface area contributed by atoms with Crippen LogP contribution in [0.2, 0.25) is 0 Å². The molecule has 1 aliphatic heterocycles. The van der Waals surface area contributed by atoms with Gasteiger partial charge in [-0.1, -0.05) is 0 Å². The highest BCUT2D eigenvalue weighted by atomic mass is 16.7. The Morgan fingerprint density at radius 2 is 2.17 bits per heavy atom. The molecule has 1 fully saturated rings. The monoisotopic (exact) mass is 173 g/mol. The second kappa shape index (κ2) is 3.87. The van der Waals surface area contributed by atoms with Crippen molar-refractivity contribution in [1.29, 1.82) is 0 Å². The molecule has 1 aliphatic rings. The van der Waals surface area contributed by atoms with Gasteiger partial charge in [-0.3, -0.25) is 4.79 Å². The smallest absolute Gasteiger partial charge is 0.217 e. The third-order valence-electron chi connectivity index (χ3n) is 1.87. The van der Waals surface area contributed by atoms with Crippen LogP contribution in [0.4, 0.5) is 0 Å². The third-order valence-corrected chi connectivity index (χ3v) is 1.87. The van der Waals surface area contributed by atoms with E-state index >= 15 is 0 Å². The van der Waals surface area contributed by atoms with Crippen molar-refractivity contribution in [3.63, 3.8) is 0 Å². The zero-order valence-corrected chi connectivity index (χ0v) is 7.66. The van der Waals surface area contributed by atoms with Crippen molar-refractivity contribution < 1.29 is 14.3 Å². The van der Waals surface area contributed by atoms with E-state index < -0.39 is 0 Å². The van der Waals surface area contributed by atoms with Gasteiger partial charge in [-0.15, -0.1) is 0 Å². The molecule has 0 aliphatic carbocycles. The Kier molecular flexibility index (Phi) is 3.05. The number of nitrogens with one attached hydrogen (secondary N) is 1. The average molecular weight is 173 g/mol. The van der Waals surface area contributed by atoms with Gasteiger partial charge in [-0.05, 0) is 13.8 Å². The van der Waals surface area contributed by atoms with Crippen molar-refractivity contribution in [2.45, 2.75) is 39.2 Å². The summed E-state index contributed by atoms with van der Waals surface area (Å²) in [4.78, 5) is 10.7. The summed E-state index contributed by atoms with van der Waals surface area (Å²) in [5.74, 6) is -0.0476. The Morgan fingerprint density at radius 3 is 2.67 bits per heavy atom. The van der Waals surface area contributed by atoms with Gasteiger partial charge in [-0.2, -0.15) is 0 Å². The van der Waals surface area contributed by atoms with Gasteiger partial charge in [0.15, 0.2) is 6.29 Å². The molecule has 0 aromatic rings. The summed E-state index contributed by atoms with van der Waals surface area (Å²) in [7, 11) is 0. The molecule has 1 unspecified atom stereocenters. The number of hydrogen-bond donors (Lipinski definition) is 1. The number of carbonyl (C=O) groups excluding carboxylic acids is 1. The molecule has 1 saturated heterocycles. The lowest BCUT2D eigenvalue weighted by Gasteiger charge is -2.33. The summed E-state index contributed by atoms with van der Waals surface area (Å²) in [6, 6.07) is -0.0151. The Labute approximate surface area is 72.2 Å². The molecule has 70 valence electrons. The number of ether oxygens (including phenoxy) is 2. The number of carbonyl (C=O) groups is 1. The fourth-order valence-corrected chi connectivity index (χ4v) is 1.23. The van der Waals surface area contributed by atoms with Gasteiger partial charge in [0.25, 0.3) is 0 Å². The van der Waals surface area contributed by atoms with Crippen LogP contribution in [0.15, 0.2) is 0 Å². The van der Waals surface area contributed by atoms with E-state index in [0.717, 1.165) is 0 Å².